The highest BCUT2D eigenvalue weighted by atomic mass is 16.5. The summed E-state index contributed by atoms with van der Waals surface area (Å²) in [5.41, 5.74) is 2.32. The quantitative estimate of drug-likeness (QED) is 0.587. The zero-order valence-electron chi connectivity index (χ0n) is 9.34. The van der Waals surface area contributed by atoms with Crippen LogP contribution in [0.5, 0.6) is 0 Å². The van der Waals surface area contributed by atoms with Crippen LogP contribution in [0.3, 0.4) is 0 Å². The maximum atomic E-state index is 5.13. The predicted molar refractivity (Wildman–Crippen MR) is 63.7 cm³/mol. The van der Waals surface area contributed by atoms with Crippen LogP contribution in [0.1, 0.15) is 18.9 Å². The van der Waals surface area contributed by atoms with Gasteiger partial charge in [0.15, 0.2) is 0 Å². The minimum Gasteiger partial charge on any atom is -0.384 e. The number of hydrogen-bond acceptors (Lipinski definition) is 2. The molecule has 15 heavy (non-hydrogen) atoms. The molecule has 0 amide bonds. The lowest BCUT2D eigenvalue weighted by molar-refractivity contribution is 0.185. The van der Waals surface area contributed by atoms with Crippen molar-refractivity contribution in [2.75, 3.05) is 19.0 Å². The van der Waals surface area contributed by atoms with E-state index < -0.39 is 0 Å². The second-order valence-corrected chi connectivity index (χ2v) is 3.19. The zero-order valence-corrected chi connectivity index (χ0v) is 9.34. The summed E-state index contributed by atoms with van der Waals surface area (Å²) in [5.74, 6) is 5.91. The van der Waals surface area contributed by atoms with Crippen LogP contribution in [0, 0.1) is 11.8 Å². The highest BCUT2D eigenvalue weighted by Gasteiger charge is 1.98. The summed E-state index contributed by atoms with van der Waals surface area (Å²) in [4.78, 5) is 0. The number of anilines is 1. The van der Waals surface area contributed by atoms with Crippen molar-refractivity contribution in [2.24, 2.45) is 0 Å². The van der Waals surface area contributed by atoms with Gasteiger partial charge in [-0.2, -0.15) is 0 Å². The molecule has 0 saturated heterocycles. The van der Waals surface area contributed by atoms with E-state index in [2.05, 4.69) is 29.3 Å². The second kappa shape index (κ2) is 6.92. The van der Waals surface area contributed by atoms with Gasteiger partial charge in [-0.3, -0.25) is 0 Å². The van der Waals surface area contributed by atoms with Crippen LogP contribution in [0.25, 0.3) is 0 Å². The third-order valence-electron chi connectivity index (χ3n) is 2.06. The molecule has 0 saturated carbocycles. The Kier molecular flexibility index (Phi) is 5.35. The van der Waals surface area contributed by atoms with E-state index in [9.17, 15) is 0 Å². The van der Waals surface area contributed by atoms with Gasteiger partial charge in [-0.05, 0) is 13.0 Å². The summed E-state index contributed by atoms with van der Waals surface area (Å²) < 4.78 is 5.13. The van der Waals surface area contributed by atoms with Gasteiger partial charge in [0.2, 0.25) is 0 Å². The first-order valence-corrected chi connectivity index (χ1v) is 5.08. The molecule has 1 aromatic carbocycles. The summed E-state index contributed by atoms with van der Waals surface area (Å²) in [6.07, 6.45) is 0.873. The number of rotatable bonds is 5. The van der Waals surface area contributed by atoms with E-state index in [1.165, 1.54) is 5.56 Å². The van der Waals surface area contributed by atoms with E-state index in [1.54, 1.807) is 7.11 Å². The molecular formula is C13H17NO. The second-order valence-electron chi connectivity index (χ2n) is 3.19. The van der Waals surface area contributed by atoms with Crippen molar-refractivity contribution in [1.82, 2.24) is 0 Å². The Morgan fingerprint density at radius 3 is 2.87 bits per heavy atom. The number of ether oxygens (including phenoxy) is 1. The van der Waals surface area contributed by atoms with Gasteiger partial charge < -0.3 is 10.1 Å². The van der Waals surface area contributed by atoms with Gasteiger partial charge in [0, 0.05) is 31.3 Å². The molecule has 0 aliphatic heterocycles. The number of hydrogen-bond donors (Lipinski definition) is 1. The lowest BCUT2D eigenvalue weighted by Gasteiger charge is -2.09. The Morgan fingerprint density at radius 1 is 1.33 bits per heavy atom. The largest absolute Gasteiger partial charge is 0.384 e. The predicted octanol–water partition coefficient (Wildman–Crippen LogP) is 2.66. The first-order valence-electron chi connectivity index (χ1n) is 5.08. The van der Waals surface area contributed by atoms with Gasteiger partial charge in [0.25, 0.3) is 0 Å². The molecule has 0 atom stereocenters. The summed E-state index contributed by atoms with van der Waals surface area (Å²) in [6.45, 7) is 3.38. The molecule has 1 rings (SSSR count). The smallest absolute Gasteiger partial charge is 0.0733 e. The Bertz CT molecular complexity index is 349. The van der Waals surface area contributed by atoms with E-state index >= 15 is 0 Å². The fourth-order valence-corrected chi connectivity index (χ4v) is 1.36. The highest BCUT2D eigenvalue weighted by molar-refractivity contribution is 5.50. The number of para-hydroxylation sites is 1. The number of methoxy groups -OCH3 is 1. The molecule has 0 radical (unpaired) electrons. The summed E-state index contributed by atoms with van der Waals surface area (Å²) in [5, 5.41) is 3.35. The first kappa shape index (κ1) is 11.6. The molecule has 80 valence electrons. The molecule has 0 spiro atoms. The van der Waals surface area contributed by atoms with Crippen LogP contribution in [-0.4, -0.2) is 13.7 Å². The van der Waals surface area contributed by atoms with Crippen molar-refractivity contribution in [3.05, 3.63) is 29.8 Å². The molecule has 2 nitrogen and oxygen atoms in total. The lowest BCUT2D eigenvalue weighted by Crippen LogP contribution is -2.03. The summed E-state index contributed by atoms with van der Waals surface area (Å²) >= 11 is 0. The zero-order chi connectivity index (χ0) is 10.9. The van der Waals surface area contributed by atoms with E-state index in [-0.39, 0.29) is 0 Å². The normalized spacial score (nSPS) is 9.20. The van der Waals surface area contributed by atoms with Crippen molar-refractivity contribution in [1.29, 1.82) is 0 Å². The molecule has 0 aromatic heterocycles. The van der Waals surface area contributed by atoms with Gasteiger partial charge in [0.05, 0.1) is 6.61 Å². The SMILES string of the molecule is CC#CCCNc1ccccc1COC. The van der Waals surface area contributed by atoms with Crippen LogP contribution in [-0.2, 0) is 11.3 Å². The van der Waals surface area contributed by atoms with Crippen LogP contribution in [0.4, 0.5) is 5.69 Å². The molecule has 0 aliphatic carbocycles. The summed E-state index contributed by atoms with van der Waals surface area (Å²) in [7, 11) is 1.71. The average Bonchev–Trinajstić information content (AvgIpc) is 2.27. The first-order chi connectivity index (χ1) is 7.38. The van der Waals surface area contributed by atoms with Crippen LogP contribution in [0.2, 0.25) is 0 Å². The van der Waals surface area contributed by atoms with E-state index in [0.717, 1.165) is 18.7 Å². The molecule has 0 aliphatic rings. The van der Waals surface area contributed by atoms with Crippen molar-refractivity contribution in [2.45, 2.75) is 20.0 Å². The van der Waals surface area contributed by atoms with Gasteiger partial charge in [-0.1, -0.05) is 18.2 Å². The minimum atomic E-state index is 0.641. The lowest BCUT2D eigenvalue weighted by atomic mass is 10.2. The Morgan fingerprint density at radius 2 is 2.13 bits per heavy atom. The van der Waals surface area contributed by atoms with Crippen molar-refractivity contribution < 1.29 is 4.74 Å². The van der Waals surface area contributed by atoms with Gasteiger partial charge in [0.1, 0.15) is 0 Å². The van der Waals surface area contributed by atoms with Crippen molar-refractivity contribution in [3.63, 3.8) is 0 Å². The Hall–Kier alpha value is -1.46. The van der Waals surface area contributed by atoms with E-state index in [1.807, 2.05) is 19.1 Å². The monoisotopic (exact) mass is 203 g/mol. The van der Waals surface area contributed by atoms with Crippen LogP contribution in [0.15, 0.2) is 24.3 Å². The van der Waals surface area contributed by atoms with Crippen LogP contribution < -0.4 is 5.32 Å². The number of nitrogens with one attached hydrogen (secondary N) is 1. The molecule has 1 aromatic rings. The summed E-state index contributed by atoms with van der Waals surface area (Å²) in [6, 6.07) is 8.17. The molecular weight excluding hydrogens is 186 g/mol. The molecule has 0 unspecified atom stereocenters. The molecule has 0 fully saturated rings. The number of benzene rings is 1. The molecule has 2 heteroatoms. The fourth-order valence-electron chi connectivity index (χ4n) is 1.36. The maximum Gasteiger partial charge on any atom is 0.0733 e. The molecule has 0 bridgehead atoms. The standard InChI is InChI=1S/C13H17NO/c1-3-4-7-10-14-13-9-6-5-8-12(13)11-15-2/h5-6,8-9,14H,7,10-11H2,1-2H3. The minimum absolute atomic E-state index is 0.641. The van der Waals surface area contributed by atoms with Gasteiger partial charge in [-0.25, -0.2) is 0 Å². The third kappa shape index (κ3) is 4.05. The Balaban J connectivity index is 2.53. The fraction of sp³-hybridized carbons (Fsp3) is 0.385. The molecule has 1 N–H and O–H groups in total. The molecule has 0 heterocycles. The highest BCUT2D eigenvalue weighted by Crippen LogP contribution is 2.15. The van der Waals surface area contributed by atoms with Crippen LogP contribution >= 0.6 is 0 Å². The van der Waals surface area contributed by atoms with Gasteiger partial charge >= 0.3 is 0 Å². The Labute approximate surface area is 91.6 Å². The maximum absolute atomic E-state index is 5.13. The van der Waals surface area contributed by atoms with Crippen molar-refractivity contribution >= 4 is 5.69 Å². The van der Waals surface area contributed by atoms with E-state index in [0.29, 0.717) is 6.61 Å². The van der Waals surface area contributed by atoms with E-state index in [4.69, 9.17) is 4.74 Å². The topological polar surface area (TPSA) is 21.3 Å². The third-order valence-corrected chi connectivity index (χ3v) is 2.06. The average molecular weight is 203 g/mol. The van der Waals surface area contributed by atoms with Crippen molar-refractivity contribution in [3.8, 4) is 11.8 Å². The van der Waals surface area contributed by atoms with Gasteiger partial charge in [-0.15, -0.1) is 11.8 Å².